The maximum absolute atomic E-state index is 13.7. The second-order valence-corrected chi connectivity index (χ2v) is 6.10. The highest BCUT2D eigenvalue weighted by atomic mass is 19.1. The first-order valence-corrected chi connectivity index (χ1v) is 8.81. The quantitative estimate of drug-likeness (QED) is 0.456. The van der Waals surface area contributed by atoms with E-state index in [-0.39, 0.29) is 12.0 Å². The summed E-state index contributed by atoms with van der Waals surface area (Å²) in [4.78, 5) is 34.7. The fourth-order valence-electron chi connectivity index (χ4n) is 2.54. The number of ether oxygens (including phenoxy) is 1. The number of benzene rings is 2. The summed E-state index contributed by atoms with van der Waals surface area (Å²) in [7, 11) is 0. The van der Waals surface area contributed by atoms with Gasteiger partial charge in [0.05, 0.1) is 0 Å². The second-order valence-electron chi connectivity index (χ2n) is 6.10. The molecule has 152 valence electrons. The number of unbranched alkanes of at least 4 members (excludes halogenated alkanes) is 1. The van der Waals surface area contributed by atoms with Crippen LogP contribution in [0.5, 0.6) is 5.75 Å². The average Bonchev–Trinajstić information content (AvgIpc) is 2.69. The van der Waals surface area contributed by atoms with Crippen LogP contribution >= 0.6 is 0 Å². The number of phenols is 1. The lowest BCUT2D eigenvalue weighted by molar-refractivity contribution is -0.131. The van der Waals surface area contributed by atoms with Crippen molar-refractivity contribution < 1.29 is 33.7 Å². The highest BCUT2D eigenvalue weighted by Crippen LogP contribution is 2.27. The molecule has 29 heavy (non-hydrogen) atoms. The summed E-state index contributed by atoms with van der Waals surface area (Å²) in [6.45, 7) is 0. The summed E-state index contributed by atoms with van der Waals surface area (Å²) in [5, 5.41) is 20.0. The van der Waals surface area contributed by atoms with Gasteiger partial charge in [-0.15, -0.1) is 0 Å². The number of imide groups is 1. The van der Waals surface area contributed by atoms with Crippen molar-refractivity contribution >= 4 is 18.0 Å². The molecule has 0 heterocycles. The van der Waals surface area contributed by atoms with Crippen LogP contribution in [0.4, 0.5) is 9.18 Å². The maximum atomic E-state index is 13.7. The van der Waals surface area contributed by atoms with Crippen LogP contribution in [0.3, 0.4) is 0 Å². The highest BCUT2D eigenvalue weighted by Gasteiger charge is 2.20. The highest BCUT2D eigenvalue weighted by molar-refractivity contribution is 6.02. The van der Waals surface area contributed by atoms with Crippen LogP contribution in [-0.4, -0.2) is 28.2 Å². The summed E-state index contributed by atoms with van der Waals surface area (Å²) in [6, 6.07) is 11.7. The van der Waals surface area contributed by atoms with E-state index in [1.165, 1.54) is 24.3 Å². The Morgan fingerprint density at radius 2 is 1.86 bits per heavy atom. The molecule has 2 rings (SSSR count). The van der Waals surface area contributed by atoms with E-state index in [4.69, 9.17) is 9.84 Å². The van der Waals surface area contributed by atoms with E-state index in [0.29, 0.717) is 18.4 Å². The van der Waals surface area contributed by atoms with E-state index in [9.17, 15) is 23.9 Å². The zero-order valence-electron chi connectivity index (χ0n) is 15.4. The number of phenolic OH excluding ortho intramolecular Hbond substituents is 1. The summed E-state index contributed by atoms with van der Waals surface area (Å²) < 4.78 is 19.0. The number of carboxylic acids is 1. The number of amides is 2. The van der Waals surface area contributed by atoms with E-state index in [0.717, 1.165) is 18.2 Å². The van der Waals surface area contributed by atoms with Crippen LogP contribution in [0.1, 0.15) is 41.3 Å². The molecule has 7 nitrogen and oxygen atoms in total. The van der Waals surface area contributed by atoms with Gasteiger partial charge in [0, 0.05) is 11.6 Å². The zero-order chi connectivity index (χ0) is 21.2. The fourth-order valence-corrected chi connectivity index (χ4v) is 2.54. The van der Waals surface area contributed by atoms with Crippen LogP contribution in [0.15, 0.2) is 60.7 Å². The third kappa shape index (κ3) is 7.10. The third-order valence-electron chi connectivity index (χ3n) is 3.94. The van der Waals surface area contributed by atoms with Crippen molar-refractivity contribution in [2.24, 2.45) is 0 Å². The van der Waals surface area contributed by atoms with Gasteiger partial charge in [-0.1, -0.05) is 30.3 Å². The lowest BCUT2D eigenvalue weighted by atomic mass is 10.0. The Hall–Kier alpha value is -3.68. The first-order chi connectivity index (χ1) is 13.9. The molecule has 2 aromatic carbocycles. The average molecular weight is 401 g/mol. The second kappa shape index (κ2) is 10.6. The van der Waals surface area contributed by atoms with Gasteiger partial charge < -0.3 is 14.9 Å². The Kier molecular flexibility index (Phi) is 7.90. The van der Waals surface area contributed by atoms with Crippen LogP contribution in [0.2, 0.25) is 0 Å². The van der Waals surface area contributed by atoms with Gasteiger partial charge in [0.2, 0.25) is 0 Å². The van der Waals surface area contributed by atoms with Gasteiger partial charge in [0.25, 0.3) is 5.91 Å². The fraction of sp³-hybridized carbons (Fsp3) is 0.190. The molecule has 2 amide bonds. The van der Waals surface area contributed by atoms with E-state index >= 15 is 0 Å². The zero-order valence-corrected chi connectivity index (χ0v) is 15.4. The third-order valence-corrected chi connectivity index (χ3v) is 3.94. The number of carbonyl (C=O) groups excluding carboxylic acids is 2. The van der Waals surface area contributed by atoms with Crippen molar-refractivity contribution in [3.63, 3.8) is 0 Å². The van der Waals surface area contributed by atoms with Crippen molar-refractivity contribution in [1.82, 2.24) is 5.32 Å². The minimum Gasteiger partial charge on any atom is -0.505 e. The molecular formula is C21H20FNO6. The number of carbonyl (C=O) groups is 3. The Morgan fingerprint density at radius 1 is 1.14 bits per heavy atom. The summed E-state index contributed by atoms with van der Waals surface area (Å²) in [5.41, 5.74) is 0.570. The number of carboxylic acid groups (broad SMARTS) is 1. The molecule has 3 N–H and O–H groups in total. The Morgan fingerprint density at radius 3 is 2.52 bits per heavy atom. The molecule has 0 spiro atoms. The molecule has 0 aliphatic rings. The molecule has 0 bridgehead atoms. The van der Waals surface area contributed by atoms with Crippen LogP contribution in [0, 0.1) is 5.82 Å². The number of hydrogen-bond acceptors (Lipinski definition) is 5. The van der Waals surface area contributed by atoms with Gasteiger partial charge in [-0.25, -0.2) is 14.0 Å². The molecule has 0 radical (unpaired) electrons. The van der Waals surface area contributed by atoms with Gasteiger partial charge in [-0.2, -0.15) is 0 Å². The first kappa shape index (κ1) is 21.6. The predicted octanol–water partition coefficient (Wildman–Crippen LogP) is 3.95. The molecule has 8 heteroatoms. The molecule has 2 aromatic rings. The van der Waals surface area contributed by atoms with Gasteiger partial charge in [-0.05, 0) is 49.1 Å². The lowest BCUT2D eigenvalue weighted by Gasteiger charge is -2.18. The van der Waals surface area contributed by atoms with Crippen LogP contribution in [-0.2, 0) is 9.53 Å². The van der Waals surface area contributed by atoms with E-state index in [2.05, 4.69) is 5.32 Å². The standard InChI is InChI=1S/C21H20FNO6/c22-16-13-15(11-12-17(16)24)18(9-5-2-6-10-19(25)26)29-21(28)23-20(27)14-7-3-1-4-8-14/h1,3-4,6-8,10-13,18,24H,2,5,9H2,(H,25,26)(H,23,27,28)/b10-6+/t18-/m1/s1. The Bertz CT molecular complexity index is 897. The van der Waals surface area contributed by atoms with Crippen LogP contribution < -0.4 is 5.32 Å². The number of aromatic hydroxyl groups is 1. The molecule has 0 fully saturated rings. The smallest absolute Gasteiger partial charge is 0.414 e. The summed E-state index contributed by atoms with van der Waals surface area (Å²) in [5.74, 6) is -3.13. The molecule has 0 saturated heterocycles. The largest absolute Gasteiger partial charge is 0.505 e. The number of aliphatic carboxylic acids is 1. The predicted molar refractivity (Wildman–Crippen MR) is 102 cm³/mol. The monoisotopic (exact) mass is 401 g/mol. The Labute approximate surface area is 166 Å². The van der Waals surface area contributed by atoms with Crippen molar-refractivity contribution in [1.29, 1.82) is 0 Å². The summed E-state index contributed by atoms with van der Waals surface area (Å²) in [6.07, 6.45) is 1.65. The lowest BCUT2D eigenvalue weighted by Crippen LogP contribution is -2.32. The van der Waals surface area contributed by atoms with E-state index < -0.39 is 35.6 Å². The van der Waals surface area contributed by atoms with E-state index in [1.54, 1.807) is 18.2 Å². The molecular weight excluding hydrogens is 381 g/mol. The number of rotatable bonds is 8. The molecule has 0 aliphatic carbocycles. The molecule has 0 aliphatic heterocycles. The van der Waals surface area contributed by atoms with Crippen molar-refractivity contribution in [2.45, 2.75) is 25.4 Å². The van der Waals surface area contributed by atoms with Crippen molar-refractivity contribution in [3.05, 3.63) is 77.6 Å². The van der Waals surface area contributed by atoms with Gasteiger partial charge >= 0.3 is 12.1 Å². The molecule has 0 saturated carbocycles. The van der Waals surface area contributed by atoms with Crippen molar-refractivity contribution in [2.75, 3.05) is 0 Å². The molecule has 0 unspecified atom stereocenters. The first-order valence-electron chi connectivity index (χ1n) is 8.81. The number of nitrogens with one attached hydrogen (secondary N) is 1. The summed E-state index contributed by atoms with van der Waals surface area (Å²) >= 11 is 0. The SMILES string of the molecule is O=C(O)/C=C/CCC[C@@H](OC(=O)NC(=O)c1ccccc1)c1ccc(O)c(F)c1. The molecule has 0 aromatic heterocycles. The normalized spacial score (nSPS) is 11.8. The maximum Gasteiger partial charge on any atom is 0.414 e. The number of allylic oxidation sites excluding steroid dienone is 1. The number of halogens is 1. The van der Waals surface area contributed by atoms with Crippen LogP contribution in [0.25, 0.3) is 0 Å². The minimum absolute atomic E-state index is 0.251. The van der Waals surface area contributed by atoms with Crippen molar-refractivity contribution in [3.8, 4) is 5.75 Å². The van der Waals surface area contributed by atoms with Gasteiger partial charge in [0.15, 0.2) is 11.6 Å². The number of hydrogen-bond donors (Lipinski definition) is 3. The topological polar surface area (TPSA) is 113 Å². The minimum atomic E-state index is -1.07. The van der Waals surface area contributed by atoms with Gasteiger partial charge in [0.1, 0.15) is 6.10 Å². The van der Waals surface area contributed by atoms with E-state index in [1.807, 2.05) is 0 Å². The Balaban J connectivity index is 2.05. The number of alkyl carbamates (subject to hydrolysis) is 1. The van der Waals surface area contributed by atoms with Gasteiger partial charge in [-0.3, -0.25) is 10.1 Å². The molecule has 1 atom stereocenters.